The third kappa shape index (κ3) is 5.04. The van der Waals surface area contributed by atoms with E-state index in [0.29, 0.717) is 40.6 Å². The van der Waals surface area contributed by atoms with Gasteiger partial charge in [0, 0.05) is 17.3 Å². The average Bonchev–Trinajstić information content (AvgIpc) is 3.19. The van der Waals surface area contributed by atoms with Gasteiger partial charge >= 0.3 is 0 Å². The van der Waals surface area contributed by atoms with Crippen molar-refractivity contribution < 1.29 is 17.7 Å². The Kier molecular flexibility index (Phi) is 6.99. The average molecular weight is 527 g/mol. The van der Waals surface area contributed by atoms with Crippen molar-refractivity contribution in [2.24, 2.45) is 0 Å². The standard InChI is InChI=1S/C26H31N4O4PS/c1-16(2)36(32,33)23-10-8-7-9-20(23)27-25-24-17(3)11-13-21(24)29-26(30-25)28-19-14-12-18(35(5,6)31)15-22(19)34-4/h7-12,14-16H,13H2,1-6H3,(H2,27,28,29,30). The Balaban J connectivity index is 1.77. The molecule has 0 aliphatic heterocycles. The molecule has 0 atom stereocenters. The zero-order valence-electron chi connectivity index (χ0n) is 21.3. The molecule has 0 spiro atoms. The van der Waals surface area contributed by atoms with Crippen molar-refractivity contribution in [3.05, 3.63) is 59.8 Å². The fourth-order valence-electron chi connectivity index (χ4n) is 4.01. The number of fused-ring (bicyclic) bond motifs is 1. The van der Waals surface area contributed by atoms with Crippen LogP contribution in [0.4, 0.5) is 23.1 Å². The van der Waals surface area contributed by atoms with Gasteiger partial charge in [0.05, 0.1) is 34.3 Å². The predicted octanol–water partition coefficient (Wildman–Crippen LogP) is 5.36. The highest BCUT2D eigenvalue weighted by atomic mass is 32.2. The van der Waals surface area contributed by atoms with Crippen molar-refractivity contribution in [3.63, 3.8) is 0 Å². The minimum atomic E-state index is -3.51. The number of sulfone groups is 1. The van der Waals surface area contributed by atoms with E-state index < -0.39 is 22.2 Å². The summed E-state index contributed by atoms with van der Waals surface area (Å²) in [5, 5.41) is 6.64. The third-order valence-electron chi connectivity index (χ3n) is 6.10. The van der Waals surface area contributed by atoms with Gasteiger partial charge in [-0.15, -0.1) is 0 Å². The van der Waals surface area contributed by atoms with Gasteiger partial charge in [0.2, 0.25) is 5.95 Å². The molecule has 1 aromatic heterocycles. The van der Waals surface area contributed by atoms with Crippen molar-refractivity contribution in [2.45, 2.75) is 37.3 Å². The van der Waals surface area contributed by atoms with Crippen LogP contribution in [-0.2, 0) is 20.8 Å². The molecule has 0 bridgehead atoms. The second-order valence-corrected chi connectivity index (χ2v) is 15.1. The summed E-state index contributed by atoms with van der Waals surface area (Å²) < 4.78 is 44.0. The Hall–Kier alpha value is -3.16. The summed E-state index contributed by atoms with van der Waals surface area (Å²) in [6.07, 6.45) is 2.71. The highest BCUT2D eigenvalue weighted by Gasteiger charge is 2.25. The Labute approximate surface area is 212 Å². The molecule has 1 aliphatic carbocycles. The first-order chi connectivity index (χ1) is 16.9. The van der Waals surface area contributed by atoms with Crippen molar-refractivity contribution in [3.8, 4) is 5.75 Å². The van der Waals surface area contributed by atoms with Crippen LogP contribution in [0.25, 0.3) is 5.57 Å². The first-order valence-electron chi connectivity index (χ1n) is 11.6. The molecule has 4 rings (SSSR count). The monoisotopic (exact) mass is 526 g/mol. The van der Waals surface area contributed by atoms with Crippen LogP contribution in [0.5, 0.6) is 5.75 Å². The van der Waals surface area contributed by atoms with Crippen molar-refractivity contribution >= 4 is 51.0 Å². The fourth-order valence-corrected chi connectivity index (χ4v) is 6.07. The van der Waals surface area contributed by atoms with E-state index in [-0.39, 0.29) is 4.90 Å². The van der Waals surface area contributed by atoms with Gasteiger partial charge in [-0.05, 0) is 70.0 Å². The predicted molar refractivity (Wildman–Crippen MR) is 147 cm³/mol. The Morgan fingerprint density at radius 1 is 1.03 bits per heavy atom. The van der Waals surface area contributed by atoms with E-state index in [0.717, 1.165) is 16.8 Å². The van der Waals surface area contributed by atoms with E-state index in [9.17, 15) is 13.0 Å². The van der Waals surface area contributed by atoms with Crippen LogP contribution in [-0.4, -0.2) is 44.1 Å². The number of rotatable bonds is 8. The molecule has 0 fully saturated rings. The molecule has 1 heterocycles. The fraction of sp³-hybridized carbons (Fsp3) is 0.308. The summed E-state index contributed by atoms with van der Waals surface area (Å²) in [6, 6.07) is 12.2. The third-order valence-corrected chi connectivity index (χ3v) is 9.83. The van der Waals surface area contributed by atoms with Gasteiger partial charge in [0.1, 0.15) is 18.7 Å². The Morgan fingerprint density at radius 3 is 2.42 bits per heavy atom. The first-order valence-corrected chi connectivity index (χ1v) is 15.7. The van der Waals surface area contributed by atoms with Gasteiger partial charge in [0.25, 0.3) is 0 Å². The Bertz CT molecular complexity index is 1510. The molecule has 0 radical (unpaired) electrons. The number of ether oxygens (including phenoxy) is 1. The number of allylic oxidation sites excluding steroid dienone is 2. The largest absolute Gasteiger partial charge is 0.495 e. The molecule has 10 heteroatoms. The van der Waals surface area contributed by atoms with E-state index in [1.54, 1.807) is 76.8 Å². The number of hydrogen-bond acceptors (Lipinski definition) is 8. The van der Waals surface area contributed by atoms with E-state index in [4.69, 9.17) is 14.7 Å². The zero-order chi connectivity index (χ0) is 26.3. The first kappa shape index (κ1) is 25.9. The molecule has 0 saturated heterocycles. The highest BCUT2D eigenvalue weighted by Crippen LogP contribution is 2.39. The molecule has 36 heavy (non-hydrogen) atoms. The number of nitrogens with zero attached hydrogens (tertiary/aromatic N) is 2. The van der Waals surface area contributed by atoms with E-state index in [1.807, 2.05) is 6.92 Å². The lowest BCUT2D eigenvalue weighted by Crippen LogP contribution is -2.16. The number of nitrogens with one attached hydrogen (secondary N) is 2. The zero-order valence-corrected chi connectivity index (χ0v) is 23.0. The van der Waals surface area contributed by atoms with Crippen molar-refractivity contribution in [1.82, 2.24) is 9.97 Å². The molecule has 0 saturated carbocycles. The second kappa shape index (κ2) is 9.71. The van der Waals surface area contributed by atoms with Gasteiger partial charge in [-0.1, -0.05) is 18.2 Å². The molecule has 0 amide bonds. The van der Waals surface area contributed by atoms with Gasteiger partial charge < -0.3 is 19.9 Å². The number of para-hydroxylation sites is 1. The summed E-state index contributed by atoms with van der Waals surface area (Å²) >= 11 is 0. The lowest BCUT2D eigenvalue weighted by molar-refractivity contribution is 0.417. The maximum Gasteiger partial charge on any atom is 0.229 e. The summed E-state index contributed by atoms with van der Waals surface area (Å²) in [7, 11) is -4.42. The molecule has 1 aliphatic rings. The van der Waals surface area contributed by atoms with E-state index in [2.05, 4.69) is 16.7 Å². The van der Waals surface area contributed by atoms with Crippen LogP contribution in [0, 0.1) is 0 Å². The lowest BCUT2D eigenvalue weighted by Gasteiger charge is -2.18. The molecular formula is C26H31N4O4PS. The second-order valence-electron chi connectivity index (χ2n) is 9.38. The molecule has 2 N–H and O–H groups in total. The molecular weight excluding hydrogens is 495 g/mol. The molecule has 0 unspecified atom stereocenters. The summed E-state index contributed by atoms with van der Waals surface area (Å²) in [5.41, 5.74) is 3.80. The van der Waals surface area contributed by atoms with Crippen LogP contribution in [0.3, 0.4) is 0 Å². The van der Waals surface area contributed by atoms with Crippen LogP contribution < -0.4 is 20.7 Å². The quantitative estimate of drug-likeness (QED) is 0.378. The van der Waals surface area contributed by atoms with E-state index >= 15 is 0 Å². The number of benzene rings is 2. The van der Waals surface area contributed by atoms with Gasteiger partial charge in [-0.3, -0.25) is 0 Å². The van der Waals surface area contributed by atoms with Crippen LogP contribution in [0.2, 0.25) is 0 Å². The summed E-state index contributed by atoms with van der Waals surface area (Å²) in [4.78, 5) is 9.65. The molecule has 8 nitrogen and oxygen atoms in total. The number of anilines is 4. The molecule has 190 valence electrons. The highest BCUT2D eigenvalue weighted by molar-refractivity contribution is 7.92. The maximum atomic E-state index is 13.0. The molecule has 2 aromatic carbocycles. The summed E-state index contributed by atoms with van der Waals surface area (Å²) in [5.74, 6) is 1.38. The normalized spacial score (nSPS) is 13.4. The Morgan fingerprint density at radius 2 is 1.75 bits per heavy atom. The van der Waals surface area contributed by atoms with E-state index in [1.165, 1.54) is 0 Å². The minimum Gasteiger partial charge on any atom is -0.495 e. The van der Waals surface area contributed by atoms with Crippen LogP contribution >= 0.6 is 7.14 Å². The summed E-state index contributed by atoms with van der Waals surface area (Å²) in [6.45, 7) is 8.74. The molecule has 3 aromatic rings. The van der Waals surface area contributed by atoms with Gasteiger partial charge in [-0.25, -0.2) is 13.4 Å². The van der Waals surface area contributed by atoms with Crippen LogP contribution in [0.1, 0.15) is 32.0 Å². The SMILES string of the molecule is COc1cc(P(C)(C)=O)ccc1Nc1nc2c(c(Nc3ccccc3S(=O)(=O)C(C)C)n1)C(C)=CC2. The van der Waals surface area contributed by atoms with Crippen molar-refractivity contribution in [1.29, 1.82) is 0 Å². The van der Waals surface area contributed by atoms with Crippen LogP contribution in [0.15, 0.2) is 53.4 Å². The minimum absolute atomic E-state index is 0.224. The lowest BCUT2D eigenvalue weighted by atomic mass is 10.1. The number of hydrogen-bond donors (Lipinski definition) is 2. The smallest absolute Gasteiger partial charge is 0.229 e. The van der Waals surface area contributed by atoms with Gasteiger partial charge in [0.15, 0.2) is 9.84 Å². The topological polar surface area (TPSA) is 110 Å². The van der Waals surface area contributed by atoms with Gasteiger partial charge in [-0.2, -0.15) is 4.98 Å². The maximum absolute atomic E-state index is 13.0. The van der Waals surface area contributed by atoms with Crippen molar-refractivity contribution in [2.75, 3.05) is 31.1 Å². The number of methoxy groups -OCH3 is 1. The number of aromatic nitrogens is 2.